The van der Waals surface area contributed by atoms with Crippen molar-refractivity contribution >= 4 is 17.5 Å². The molecule has 0 aromatic rings. The quantitative estimate of drug-likeness (QED) is 0.298. The van der Waals surface area contributed by atoms with E-state index in [-0.39, 0.29) is 84.4 Å². The lowest BCUT2D eigenvalue weighted by Crippen LogP contribution is -2.59. The van der Waals surface area contributed by atoms with Gasteiger partial charge in [-0.25, -0.2) is 0 Å². The van der Waals surface area contributed by atoms with Crippen molar-refractivity contribution in [3.8, 4) is 0 Å². The fourth-order valence-corrected chi connectivity index (χ4v) is 10.7. The average molecular weight is 748 g/mol. The van der Waals surface area contributed by atoms with Crippen molar-refractivity contribution in [3.63, 3.8) is 0 Å². The first kappa shape index (κ1) is 40.9. The molecule has 3 aliphatic carbocycles. The van der Waals surface area contributed by atoms with Crippen LogP contribution in [0.1, 0.15) is 91.9 Å². The van der Waals surface area contributed by atoms with Gasteiger partial charge in [-0.1, -0.05) is 19.9 Å². The number of esters is 1. The third kappa shape index (κ3) is 8.50. The fourth-order valence-electron chi connectivity index (χ4n) is 10.7. The summed E-state index contributed by atoms with van der Waals surface area (Å²) < 4.78 is 49.3. The number of ether oxygens (including phenoxy) is 8. The molecule has 0 bridgehead atoms. The first-order chi connectivity index (χ1) is 25.4. The maximum atomic E-state index is 14.7. The number of Topliss-reactive ketones (excluding diaryl/α,β-unsaturated/α-hetero) is 2. The van der Waals surface area contributed by atoms with Crippen LogP contribution in [0.4, 0.5) is 0 Å². The Hall–Kier alpha value is -1.77. The van der Waals surface area contributed by atoms with E-state index in [1.54, 1.807) is 21.3 Å². The molecule has 0 amide bonds. The maximum Gasteiger partial charge on any atom is 0.306 e. The minimum absolute atomic E-state index is 0.00486. The number of carbonyl (C=O) groups excluding carboxylic acids is 3. The predicted octanol–water partition coefficient (Wildman–Crippen LogP) is 4.89. The van der Waals surface area contributed by atoms with Gasteiger partial charge in [-0.15, -0.1) is 0 Å². The second kappa shape index (κ2) is 17.6. The van der Waals surface area contributed by atoms with Crippen LogP contribution in [-0.4, -0.2) is 125 Å². The number of cyclic esters (lactones) is 1. The monoisotopic (exact) mass is 747 g/mol. The molecule has 3 unspecified atom stereocenters. The van der Waals surface area contributed by atoms with Crippen LogP contribution in [-0.2, 0) is 52.3 Å². The highest BCUT2D eigenvalue weighted by molar-refractivity contribution is 6.01. The molecule has 0 N–H and O–H groups in total. The molecule has 2 saturated carbocycles. The number of rotatable bonds is 9. The van der Waals surface area contributed by atoms with E-state index in [0.717, 1.165) is 19.3 Å². The molecule has 0 aromatic carbocycles. The Kier molecular flexibility index (Phi) is 13.6. The van der Waals surface area contributed by atoms with E-state index in [0.29, 0.717) is 50.1 Å². The molecule has 12 nitrogen and oxygen atoms in total. The van der Waals surface area contributed by atoms with E-state index in [2.05, 4.69) is 32.0 Å². The van der Waals surface area contributed by atoms with Crippen LogP contribution >= 0.6 is 0 Å². The Morgan fingerprint density at radius 3 is 2.23 bits per heavy atom. The molecule has 5 fully saturated rings. The zero-order valence-electron chi connectivity index (χ0n) is 33.4. The topological polar surface area (TPSA) is 128 Å². The van der Waals surface area contributed by atoms with Crippen LogP contribution in [0.15, 0.2) is 11.6 Å². The lowest BCUT2D eigenvalue weighted by Gasteiger charge is -2.44. The van der Waals surface area contributed by atoms with Crippen molar-refractivity contribution in [1.82, 2.24) is 4.90 Å². The van der Waals surface area contributed by atoms with E-state index in [1.165, 1.54) is 0 Å². The van der Waals surface area contributed by atoms with Gasteiger partial charge in [0, 0.05) is 51.5 Å². The molecule has 17 atom stereocenters. The van der Waals surface area contributed by atoms with Gasteiger partial charge in [-0.3, -0.25) is 14.4 Å². The number of carbonyl (C=O) groups is 3. The summed E-state index contributed by atoms with van der Waals surface area (Å²) >= 11 is 0. The zero-order valence-corrected chi connectivity index (χ0v) is 33.4. The summed E-state index contributed by atoms with van der Waals surface area (Å²) in [6.07, 6.45) is 5.18. The Labute approximate surface area is 316 Å². The zero-order chi connectivity index (χ0) is 38.1. The third-order valence-electron chi connectivity index (χ3n) is 13.5. The molecule has 6 aliphatic rings. The summed E-state index contributed by atoms with van der Waals surface area (Å²) in [5.74, 6) is -1.60. The van der Waals surface area contributed by atoms with Crippen molar-refractivity contribution in [2.45, 2.75) is 159 Å². The van der Waals surface area contributed by atoms with Gasteiger partial charge in [0.25, 0.3) is 0 Å². The number of hydrogen-bond donors (Lipinski definition) is 0. The summed E-state index contributed by atoms with van der Waals surface area (Å²) in [5.41, 5.74) is 0.591. The summed E-state index contributed by atoms with van der Waals surface area (Å²) in [6.45, 7) is 8.00. The Bertz CT molecular complexity index is 1320. The number of methoxy groups -OCH3 is 3. The van der Waals surface area contributed by atoms with E-state index in [4.69, 9.17) is 37.9 Å². The second-order valence-electron chi connectivity index (χ2n) is 16.8. The molecule has 0 spiro atoms. The molecular weight excluding hydrogens is 682 g/mol. The molecular formula is C41H65NO11. The Balaban J connectivity index is 1.23. The first-order valence-corrected chi connectivity index (χ1v) is 20.2. The van der Waals surface area contributed by atoms with Crippen molar-refractivity contribution in [2.24, 2.45) is 35.5 Å². The summed E-state index contributed by atoms with van der Waals surface area (Å²) in [7, 11) is 9.03. The highest BCUT2D eigenvalue weighted by Gasteiger charge is 2.56. The second-order valence-corrected chi connectivity index (χ2v) is 16.8. The average Bonchev–Trinajstić information content (AvgIpc) is 3.70. The standard InChI is InChI=1S/C41H65NO11/c1-10-25-12-11-13-33(53-35-15-14-31(42(5)6)22(3)49-35)21(2)37(45)30-19-28-27-18-26(16-24(27)17-32(43)36(28)29(30)20-34(44)51-25)52-41-40(48-9)39(47-8)38(46-7)23(4)50-41/h19,21-29,31,33,35-36,38-41H,10-18,20H2,1-9H3/t21-,22?,23?,24+,25+,26-,27-,28+,29-,31+,33+,35+,36-,38+,39?,40+,41+/m1/s1. The van der Waals surface area contributed by atoms with Crippen molar-refractivity contribution < 1.29 is 52.3 Å². The first-order valence-electron chi connectivity index (χ1n) is 20.2. The molecule has 3 aliphatic heterocycles. The van der Waals surface area contributed by atoms with Gasteiger partial charge in [0.05, 0.1) is 30.8 Å². The SMILES string of the molecule is CC[C@H]1CCC[C@H](O[C@H]2CC[C@H](N(C)C)C(C)O2)[C@@H](C)C(=O)C2=C[C@H]3[C@@H]4C[C@H](O[C@@H]5OC(C)[C@H](OC)C(OC)[C@@H]5OC)C[C@H]4CC(=O)[C@H]3[C@@H]2CC(=O)O1. The number of allylic oxidation sites excluding steroid dienone is 2. The molecule has 0 radical (unpaired) electrons. The van der Waals surface area contributed by atoms with Crippen LogP contribution in [0.2, 0.25) is 0 Å². The summed E-state index contributed by atoms with van der Waals surface area (Å²) in [6, 6.07) is 0.311. The normalized spacial score (nSPS) is 45.4. The lowest BCUT2D eigenvalue weighted by molar-refractivity contribution is -0.314. The van der Waals surface area contributed by atoms with Crippen LogP contribution in [0.25, 0.3) is 0 Å². The van der Waals surface area contributed by atoms with Crippen molar-refractivity contribution in [1.29, 1.82) is 0 Å². The van der Waals surface area contributed by atoms with Crippen LogP contribution in [0.5, 0.6) is 0 Å². The molecule has 0 aromatic heterocycles. The lowest BCUT2D eigenvalue weighted by atomic mass is 9.65. The maximum absolute atomic E-state index is 14.7. The van der Waals surface area contributed by atoms with Crippen molar-refractivity contribution in [3.05, 3.63) is 11.6 Å². The fraction of sp³-hybridized carbons (Fsp3) is 0.878. The summed E-state index contributed by atoms with van der Waals surface area (Å²) in [4.78, 5) is 44.5. The van der Waals surface area contributed by atoms with Crippen LogP contribution < -0.4 is 0 Å². The van der Waals surface area contributed by atoms with Crippen LogP contribution in [0, 0.1) is 35.5 Å². The predicted molar refractivity (Wildman–Crippen MR) is 195 cm³/mol. The van der Waals surface area contributed by atoms with Gasteiger partial charge in [-0.05, 0) is 103 Å². The van der Waals surface area contributed by atoms with E-state index in [1.807, 2.05) is 20.8 Å². The highest BCUT2D eigenvalue weighted by Crippen LogP contribution is 2.55. The molecule has 300 valence electrons. The van der Waals surface area contributed by atoms with Gasteiger partial charge in [-0.2, -0.15) is 0 Å². The van der Waals surface area contributed by atoms with Crippen LogP contribution in [0.3, 0.4) is 0 Å². The number of ketones is 2. The van der Waals surface area contributed by atoms with Gasteiger partial charge in [0.1, 0.15) is 30.2 Å². The van der Waals surface area contributed by atoms with Gasteiger partial charge < -0.3 is 42.8 Å². The molecule has 12 heteroatoms. The number of hydrogen-bond acceptors (Lipinski definition) is 12. The van der Waals surface area contributed by atoms with Gasteiger partial charge >= 0.3 is 5.97 Å². The number of likely N-dealkylation sites (N-methyl/N-ethyl adjacent to an activating group) is 1. The van der Waals surface area contributed by atoms with E-state index < -0.39 is 36.4 Å². The minimum Gasteiger partial charge on any atom is -0.462 e. The van der Waals surface area contributed by atoms with Gasteiger partial charge in [0.2, 0.25) is 0 Å². The highest BCUT2D eigenvalue weighted by atomic mass is 16.7. The van der Waals surface area contributed by atoms with E-state index >= 15 is 0 Å². The number of nitrogens with zero attached hydrogens (tertiary/aromatic N) is 1. The van der Waals surface area contributed by atoms with Crippen molar-refractivity contribution in [2.75, 3.05) is 35.4 Å². The van der Waals surface area contributed by atoms with E-state index in [9.17, 15) is 14.4 Å². The van der Waals surface area contributed by atoms with Gasteiger partial charge in [0.15, 0.2) is 18.4 Å². The molecule has 53 heavy (non-hydrogen) atoms. The molecule has 6 rings (SSSR count). The summed E-state index contributed by atoms with van der Waals surface area (Å²) in [5, 5.41) is 0. The Morgan fingerprint density at radius 1 is 0.830 bits per heavy atom. The largest absolute Gasteiger partial charge is 0.462 e. The molecule has 3 heterocycles. The third-order valence-corrected chi connectivity index (χ3v) is 13.5. The molecule has 3 saturated heterocycles. The Morgan fingerprint density at radius 2 is 1.57 bits per heavy atom. The minimum atomic E-state index is -0.662. The number of fused-ring (bicyclic) bond motifs is 5. The smallest absolute Gasteiger partial charge is 0.306 e.